The lowest BCUT2D eigenvalue weighted by molar-refractivity contribution is 0.294. The molecule has 3 unspecified atom stereocenters. The van der Waals surface area contributed by atoms with Crippen LogP contribution in [0, 0.1) is 6.92 Å². The molecule has 3 atom stereocenters. The minimum atomic E-state index is 0.158. The Balaban J connectivity index is 1.65. The molecule has 2 N–H and O–H groups in total. The smallest absolute Gasteiger partial charge is 0.157 e. The van der Waals surface area contributed by atoms with Crippen molar-refractivity contribution in [2.24, 2.45) is 7.05 Å². The number of aryl methyl sites for hydroxylation is 2. The van der Waals surface area contributed by atoms with Crippen LogP contribution in [-0.4, -0.2) is 32.5 Å². The zero-order valence-corrected chi connectivity index (χ0v) is 17.4. The van der Waals surface area contributed by atoms with E-state index < -0.39 is 0 Å². The van der Waals surface area contributed by atoms with E-state index in [0.29, 0.717) is 18.4 Å². The maximum absolute atomic E-state index is 9.40. The summed E-state index contributed by atoms with van der Waals surface area (Å²) < 4.78 is 2.65. The second-order valence-corrected chi connectivity index (χ2v) is 9.27. The van der Waals surface area contributed by atoms with Gasteiger partial charge in [-0.05, 0) is 62.3 Å². The Hall–Kier alpha value is -1.47. The lowest BCUT2D eigenvalue weighted by atomic mass is 9.83. The summed E-state index contributed by atoms with van der Waals surface area (Å²) in [7, 11) is 1.93. The van der Waals surface area contributed by atoms with E-state index in [1.165, 1.54) is 16.0 Å². The third-order valence-corrected chi connectivity index (χ3v) is 6.96. The molecule has 5 nitrogen and oxygen atoms in total. The van der Waals surface area contributed by atoms with Crippen molar-refractivity contribution < 1.29 is 5.11 Å². The molecule has 0 saturated carbocycles. The number of hydrogen-bond acceptors (Lipinski definition) is 5. The largest absolute Gasteiger partial charge is 0.396 e. The molecule has 1 aliphatic heterocycles. The molecule has 0 amide bonds. The summed E-state index contributed by atoms with van der Waals surface area (Å²) in [5.74, 6) is 0.441. The van der Waals surface area contributed by atoms with Gasteiger partial charge in [0.2, 0.25) is 0 Å². The van der Waals surface area contributed by atoms with Crippen molar-refractivity contribution in [3.8, 4) is 0 Å². The number of aliphatic hydroxyl groups excluding tert-OH is 1. The molecule has 0 aromatic carbocycles. The first-order valence-corrected chi connectivity index (χ1v) is 10.6. The summed E-state index contributed by atoms with van der Waals surface area (Å²) in [6.07, 6.45) is 4.73. The SMILES string of the molecule is Cc1nn(C)c2ncc(C3CC(c4sc(Cl)cc4CCO)CC(C)N3)cc12. The number of thiophene rings is 1. The number of piperidine rings is 1. The van der Waals surface area contributed by atoms with Gasteiger partial charge >= 0.3 is 0 Å². The molecule has 1 fully saturated rings. The molecule has 27 heavy (non-hydrogen) atoms. The summed E-state index contributed by atoms with van der Waals surface area (Å²) in [6, 6.07) is 4.90. The number of halogens is 1. The standard InChI is InChI=1S/C20H25ClN4OS/c1-11-6-14(19-13(4-5-26)9-18(21)27-19)8-17(23-11)15-7-16-12(2)24-25(3)20(16)22-10-15/h7,9-11,14,17,23,26H,4-6,8H2,1-3H3. The zero-order valence-electron chi connectivity index (χ0n) is 15.9. The van der Waals surface area contributed by atoms with E-state index in [9.17, 15) is 5.11 Å². The summed E-state index contributed by atoms with van der Waals surface area (Å²) in [5, 5.41) is 18.7. The Kier molecular flexibility index (Phi) is 5.25. The topological polar surface area (TPSA) is 63.0 Å². The third kappa shape index (κ3) is 3.63. The summed E-state index contributed by atoms with van der Waals surface area (Å²) in [6.45, 7) is 4.43. The highest BCUT2D eigenvalue weighted by Gasteiger charge is 2.31. The van der Waals surface area contributed by atoms with E-state index in [2.05, 4.69) is 28.4 Å². The van der Waals surface area contributed by atoms with E-state index >= 15 is 0 Å². The number of aromatic nitrogens is 3. The van der Waals surface area contributed by atoms with Gasteiger partial charge in [0, 0.05) is 42.2 Å². The molecule has 3 aromatic rings. The molecule has 4 rings (SSSR count). The van der Waals surface area contributed by atoms with Crippen molar-refractivity contribution in [3.05, 3.63) is 44.4 Å². The summed E-state index contributed by atoms with van der Waals surface area (Å²) in [4.78, 5) is 5.99. The van der Waals surface area contributed by atoms with Gasteiger partial charge in [-0.25, -0.2) is 4.98 Å². The van der Waals surface area contributed by atoms with Crippen LogP contribution in [0.1, 0.15) is 53.4 Å². The number of hydrogen-bond donors (Lipinski definition) is 2. The van der Waals surface area contributed by atoms with E-state index in [0.717, 1.165) is 33.9 Å². The van der Waals surface area contributed by atoms with Gasteiger partial charge in [-0.2, -0.15) is 5.10 Å². The second kappa shape index (κ2) is 7.51. The van der Waals surface area contributed by atoms with Gasteiger partial charge in [0.25, 0.3) is 0 Å². The maximum atomic E-state index is 9.40. The van der Waals surface area contributed by atoms with Crippen LogP contribution in [0.25, 0.3) is 11.0 Å². The van der Waals surface area contributed by atoms with E-state index in [1.807, 2.05) is 30.9 Å². The van der Waals surface area contributed by atoms with E-state index in [1.54, 1.807) is 11.3 Å². The van der Waals surface area contributed by atoms with Crippen LogP contribution >= 0.6 is 22.9 Å². The lowest BCUT2D eigenvalue weighted by Crippen LogP contribution is -2.38. The number of nitrogens with zero attached hydrogens (tertiary/aromatic N) is 3. The molecule has 4 heterocycles. The number of fused-ring (bicyclic) bond motifs is 1. The molecule has 0 spiro atoms. The quantitative estimate of drug-likeness (QED) is 0.686. The third-order valence-electron chi connectivity index (χ3n) is 5.49. The molecular formula is C20H25ClN4OS. The van der Waals surface area contributed by atoms with Crippen molar-refractivity contribution in [1.82, 2.24) is 20.1 Å². The van der Waals surface area contributed by atoms with Crippen LogP contribution in [0.4, 0.5) is 0 Å². The fourth-order valence-corrected chi connectivity index (χ4v) is 5.76. The van der Waals surface area contributed by atoms with Gasteiger partial charge in [0.1, 0.15) is 0 Å². The molecular weight excluding hydrogens is 380 g/mol. The fourth-order valence-electron chi connectivity index (χ4n) is 4.32. The van der Waals surface area contributed by atoms with Gasteiger partial charge < -0.3 is 10.4 Å². The summed E-state index contributed by atoms with van der Waals surface area (Å²) in [5.41, 5.74) is 4.34. The average Bonchev–Trinajstić information content (AvgIpc) is 3.14. The van der Waals surface area contributed by atoms with Gasteiger partial charge in [0.15, 0.2) is 5.65 Å². The molecule has 3 aromatic heterocycles. The zero-order chi connectivity index (χ0) is 19.1. The summed E-state index contributed by atoms with van der Waals surface area (Å²) >= 11 is 7.96. The number of rotatable bonds is 4. The van der Waals surface area contributed by atoms with E-state index in [4.69, 9.17) is 11.6 Å². The number of pyridine rings is 1. The monoisotopic (exact) mass is 404 g/mol. The van der Waals surface area contributed by atoms with Crippen LogP contribution in [0.5, 0.6) is 0 Å². The molecule has 0 aliphatic carbocycles. The van der Waals surface area contributed by atoms with E-state index in [-0.39, 0.29) is 12.6 Å². The highest BCUT2D eigenvalue weighted by atomic mass is 35.5. The van der Waals surface area contributed by atoms with Crippen molar-refractivity contribution >= 4 is 34.0 Å². The van der Waals surface area contributed by atoms with Crippen molar-refractivity contribution in [2.45, 2.75) is 51.1 Å². The molecule has 0 radical (unpaired) electrons. The normalized spacial score (nSPS) is 23.2. The molecule has 1 aliphatic rings. The first-order valence-electron chi connectivity index (χ1n) is 9.40. The first-order chi connectivity index (χ1) is 13.0. The Morgan fingerprint density at radius 3 is 2.96 bits per heavy atom. The number of nitrogens with one attached hydrogen (secondary N) is 1. The Labute approximate surface area is 168 Å². The second-order valence-electron chi connectivity index (χ2n) is 7.55. The van der Waals surface area contributed by atoms with Crippen molar-refractivity contribution in [1.29, 1.82) is 0 Å². The van der Waals surface area contributed by atoms with Crippen LogP contribution in [-0.2, 0) is 13.5 Å². The van der Waals surface area contributed by atoms with Crippen molar-refractivity contribution in [2.75, 3.05) is 6.61 Å². The molecule has 7 heteroatoms. The minimum absolute atomic E-state index is 0.158. The maximum Gasteiger partial charge on any atom is 0.157 e. The fraction of sp³-hybridized carbons (Fsp3) is 0.500. The number of aliphatic hydroxyl groups is 1. The highest BCUT2D eigenvalue weighted by Crippen LogP contribution is 2.42. The van der Waals surface area contributed by atoms with Crippen LogP contribution in [0.15, 0.2) is 18.3 Å². The van der Waals surface area contributed by atoms with Crippen LogP contribution in [0.2, 0.25) is 4.34 Å². The molecule has 1 saturated heterocycles. The predicted octanol–water partition coefficient (Wildman–Crippen LogP) is 4.12. The highest BCUT2D eigenvalue weighted by molar-refractivity contribution is 7.16. The molecule has 144 valence electrons. The Morgan fingerprint density at radius 2 is 2.19 bits per heavy atom. The minimum Gasteiger partial charge on any atom is -0.396 e. The van der Waals surface area contributed by atoms with Crippen LogP contribution in [0.3, 0.4) is 0 Å². The van der Waals surface area contributed by atoms with Crippen molar-refractivity contribution in [3.63, 3.8) is 0 Å². The van der Waals surface area contributed by atoms with Gasteiger partial charge in [0.05, 0.1) is 10.0 Å². The van der Waals surface area contributed by atoms with Gasteiger partial charge in [-0.3, -0.25) is 4.68 Å². The van der Waals surface area contributed by atoms with Gasteiger partial charge in [-0.1, -0.05) is 11.6 Å². The Morgan fingerprint density at radius 1 is 1.37 bits per heavy atom. The lowest BCUT2D eigenvalue weighted by Gasteiger charge is -2.35. The van der Waals surface area contributed by atoms with Gasteiger partial charge in [-0.15, -0.1) is 11.3 Å². The Bertz CT molecular complexity index is 966. The first kappa shape index (κ1) is 18.9. The average molecular weight is 405 g/mol. The molecule has 0 bridgehead atoms. The predicted molar refractivity (Wildman–Crippen MR) is 111 cm³/mol. The van der Waals surface area contributed by atoms with Crippen LogP contribution < -0.4 is 5.32 Å².